The lowest BCUT2D eigenvalue weighted by molar-refractivity contribution is -0.147. The van der Waals surface area contributed by atoms with Gasteiger partial charge in [0.1, 0.15) is 5.75 Å². The van der Waals surface area contributed by atoms with Crippen molar-refractivity contribution in [3.05, 3.63) is 29.8 Å². The number of piperidine rings is 1. The minimum atomic E-state index is -0.104. The first-order valence-electron chi connectivity index (χ1n) is 6.58. The number of carbonyl (C=O) groups is 1. The van der Waals surface area contributed by atoms with Crippen molar-refractivity contribution in [2.45, 2.75) is 18.9 Å². The van der Waals surface area contributed by atoms with Crippen molar-refractivity contribution in [2.75, 3.05) is 27.8 Å². The van der Waals surface area contributed by atoms with Gasteiger partial charge in [-0.2, -0.15) is 0 Å². The van der Waals surface area contributed by atoms with E-state index >= 15 is 0 Å². The van der Waals surface area contributed by atoms with Crippen LogP contribution < -0.4 is 4.74 Å². The Morgan fingerprint density at radius 2 is 2.05 bits per heavy atom. The molecule has 1 aliphatic rings. The molecule has 0 saturated carbocycles. The Morgan fingerprint density at radius 1 is 1.32 bits per heavy atom. The molecule has 104 valence electrons. The van der Waals surface area contributed by atoms with Crippen LogP contribution in [0.2, 0.25) is 0 Å². The highest BCUT2D eigenvalue weighted by atomic mass is 16.5. The summed E-state index contributed by atoms with van der Waals surface area (Å²) < 4.78 is 10.3. The van der Waals surface area contributed by atoms with Crippen LogP contribution in [0.15, 0.2) is 24.3 Å². The third-order valence-electron chi connectivity index (χ3n) is 3.90. The zero-order chi connectivity index (χ0) is 13.8. The Kier molecular flexibility index (Phi) is 4.43. The molecular formula is C15H21NO3. The summed E-state index contributed by atoms with van der Waals surface area (Å²) in [5, 5.41) is 0. The number of methoxy groups -OCH3 is 2. The van der Waals surface area contributed by atoms with Crippen molar-refractivity contribution in [3.63, 3.8) is 0 Å². The zero-order valence-electron chi connectivity index (χ0n) is 11.8. The van der Waals surface area contributed by atoms with E-state index in [4.69, 9.17) is 9.47 Å². The van der Waals surface area contributed by atoms with Crippen LogP contribution in [0.5, 0.6) is 5.75 Å². The average molecular weight is 263 g/mol. The molecular weight excluding hydrogens is 242 g/mol. The normalized spacial score (nSPS) is 23.9. The van der Waals surface area contributed by atoms with Crippen molar-refractivity contribution in [1.82, 2.24) is 4.90 Å². The second-order valence-electron chi connectivity index (χ2n) is 4.98. The molecule has 2 rings (SSSR count). The van der Waals surface area contributed by atoms with E-state index in [-0.39, 0.29) is 17.9 Å². The molecule has 1 saturated heterocycles. The van der Waals surface area contributed by atoms with Crippen molar-refractivity contribution in [3.8, 4) is 5.75 Å². The highest BCUT2D eigenvalue weighted by molar-refractivity contribution is 5.72. The van der Waals surface area contributed by atoms with Gasteiger partial charge in [0.25, 0.3) is 0 Å². The van der Waals surface area contributed by atoms with Crippen LogP contribution in [0.1, 0.15) is 24.4 Å². The molecule has 0 spiro atoms. The molecule has 4 nitrogen and oxygen atoms in total. The molecule has 1 aliphatic heterocycles. The monoisotopic (exact) mass is 263 g/mol. The first-order valence-corrected chi connectivity index (χ1v) is 6.58. The molecule has 2 unspecified atom stereocenters. The fourth-order valence-electron chi connectivity index (χ4n) is 2.77. The van der Waals surface area contributed by atoms with Gasteiger partial charge in [0, 0.05) is 11.6 Å². The average Bonchev–Trinajstić information content (AvgIpc) is 2.47. The van der Waals surface area contributed by atoms with E-state index < -0.39 is 0 Å². The topological polar surface area (TPSA) is 38.8 Å². The number of hydrogen-bond donors (Lipinski definition) is 0. The van der Waals surface area contributed by atoms with Crippen molar-refractivity contribution >= 4 is 5.97 Å². The number of para-hydroxylation sites is 1. The summed E-state index contributed by atoms with van der Waals surface area (Å²) in [5.74, 6) is 0.758. The molecule has 1 fully saturated rings. The van der Waals surface area contributed by atoms with Crippen molar-refractivity contribution < 1.29 is 14.3 Å². The van der Waals surface area contributed by atoms with E-state index in [2.05, 4.69) is 18.0 Å². The number of likely N-dealkylation sites (tertiary alicyclic amines) is 1. The summed E-state index contributed by atoms with van der Waals surface area (Å²) in [6, 6.07) is 8.20. The van der Waals surface area contributed by atoms with Crippen molar-refractivity contribution in [2.24, 2.45) is 5.92 Å². The summed E-state index contributed by atoms with van der Waals surface area (Å²) in [7, 11) is 5.23. The Balaban J connectivity index is 2.23. The van der Waals surface area contributed by atoms with Gasteiger partial charge in [-0.05, 0) is 32.5 Å². The third kappa shape index (κ3) is 2.89. The van der Waals surface area contributed by atoms with E-state index in [1.54, 1.807) is 7.11 Å². The van der Waals surface area contributed by atoms with E-state index in [9.17, 15) is 4.79 Å². The number of hydrogen-bond acceptors (Lipinski definition) is 4. The molecule has 0 N–H and O–H groups in total. The summed E-state index contributed by atoms with van der Waals surface area (Å²) >= 11 is 0. The Bertz CT molecular complexity index is 447. The van der Waals surface area contributed by atoms with Gasteiger partial charge in [0.05, 0.1) is 20.1 Å². The highest BCUT2D eigenvalue weighted by Crippen LogP contribution is 2.37. The maximum Gasteiger partial charge on any atom is 0.308 e. The number of benzene rings is 1. The minimum absolute atomic E-state index is 0.0175. The molecule has 0 aromatic heterocycles. The molecule has 0 aliphatic carbocycles. The van der Waals surface area contributed by atoms with E-state index in [1.807, 2.05) is 18.2 Å². The summed E-state index contributed by atoms with van der Waals surface area (Å²) in [5.41, 5.74) is 1.14. The molecule has 0 bridgehead atoms. The van der Waals surface area contributed by atoms with Gasteiger partial charge in [-0.1, -0.05) is 18.2 Å². The van der Waals surface area contributed by atoms with Crippen LogP contribution in [0.4, 0.5) is 0 Å². The van der Waals surface area contributed by atoms with Gasteiger partial charge in [-0.25, -0.2) is 0 Å². The van der Waals surface area contributed by atoms with Crippen LogP contribution in [-0.2, 0) is 9.53 Å². The Morgan fingerprint density at radius 3 is 2.74 bits per heavy atom. The lowest BCUT2D eigenvalue weighted by atomic mass is 9.87. The van der Waals surface area contributed by atoms with Gasteiger partial charge >= 0.3 is 5.97 Å². The number of rotatable bonds is 3. The second kappa shape index (κ2) is 6.06. The van der Waals surface area contributed by atoms with Crippen LogP contribution in [-0.4, -0.2) is 38.7 Å². The molecule has 1 aromatic rings. The fourth-order valence-corrected chi connectivity index (χ4v) is 2.77. The van der Waals surface area contributed by atoms with Gasteiger partial charge in [0.2, 0.25) is 0 Å². The van der Waals surface area contributed by atoms with Crippen LogP contribution in [0.25, 0.3) is 0 Å². The number of esters is 1. The number of nitrogens with zero attached hydrogens (tertiary/aromatic N) is 1. The smallest absolute Gasteiger partial charge is 0.308 e. The number of carbonyl (C=O) groups excluding carboxylic acids is 1. The first-order chi connectivity index (χ1) is 9.17. The van der Waals surface area contributed by atoms with Gasteiger partial charge in [-0.15, -0.1) is 0 Å². The van der Waals surface area contributed by atoms with Crippen LogP contribution >= 0.6 is 0 Å². The quantitative estimate of drug-likeness (QED) is 0.784. The fraction of sp³-hybridized carbons (Fsp3) is 0.533. The minimum Gasteiger partial charge on any atom is -0.496 e. The lowest BCUT2D eigenvalue weighted by Gasteiger charge is -2.36. The van der Waals surface area contributed by atoms with Gasteiger partial charge in [0.15, 0.2) is 0 Å². The largest absolute Gasteiger partial charge is 0.496 e. The van der Waals surface area contributed by atoms with Crippen molar-refractivity contribution in [1.29, 1.82) is 0 Å². The zero-order valence-corrected chi connectivity index (χ0v) is 11.8. The van der Waals surface area contributed by atoms with E-state index in [1.165, 1.54) is 7.11 Å². The summed E-state index contributed by atoms with van der Waals surface area (Å²) in [6.45, 7) is 0.891. The lowest BCUT2D eigenvalue weighted by Crippen LogP contribution is -2.37. The first kappa shape index (κ1) is 13.9. The standard InChI is InChI=1S/C15H21NO3/c1-16-9-8-11(15(17)19-3)10-13(16)12-6-4-5-7-14(12)18-2/h4-7,11,13H,8-10H2,1-3H3. The Labute approximate surface area is 114 Å². The van der Waals surface area contributed by atoms with E-state index in [0.717, 1.165) is 30.7 Å². The molecule has 2 atom stereocenters. The number of ether oxygens (including phenoxy) is 2. The molecule has 19 heavy (non-hydrogen) atoms. The second-order valence-corrected chi connectivity index (χ2v) is 4.98. The molecule has 0 amide bonds. The molecule has 0 radical (unpaired) electrons. The predicted octanol–water partition coefficient (Wildman–Crippen LogP) is 2.25. The third-order valence-corrected chi connectivity index (χ3v) is 3.90. The Hall–Kier alpha value is -1.55. The summed E-state index contributed by atoms with van der Waals surface area (Å²) in [6.07, 6.45) is 1.64. The molecule has 1 aromatic carbocycles. The van der Waals surface area contributed by atoms with Crippen LogP contribution in [0.3, 0.4) is 0 Å². The van der Waals surface area contributed by atoms with Gasteiger partial charge in [-0.3, -0.25) is 9.69 Å². The SMILES string of the molecule is COC(=O)C1CCN(C)C(c2ccccc2OC)C1. The predicted molar refractivity (Wildman–Crippen MR) is 73.1 cm³/mol. The maximum atomic E-state index is 11.7. The molecule has 1 heterocycles. The molecule has 4 heteroatoms. The maximum absolute atomic E-state index is 11.7. The highest BCUT2D eigenvalue weighted by Gasteiger charge is 2.33. The van der Waals surface area contributed by atoms with Crippen LogP contribution in [0, 0.1) is 5.92 Å². The summed E-state index contributed by atoms with van der Waals surface area (Å²) in [4.78, 5) is 14.0. The van der Waals surface area contributed by atoms with E-state index in [0.29, 0.717) is 0 Å². The van der Waals surface area contributed by atoms with Gasteiger partial charge < -0.3 is 9.47 Å².